The molecule has 1 unspecified atom stereocenters. The Morgan fingerprint density at radius 3 is 2.58 bits per heavy atom. The lowest BCUT2D eigenvalue weighted by molar-refractivity contribution is 0.512. The molecule has 0 aliphatic heterocycles. The first-order chi connectivity index (χ1) is 8.94. The van der Waals surface area contributed by atoms with E-state index >= 15 is 0 Å². The number of nitriles is 1. The average molecular weight is 301 g/mol. The van der Waals surface area contributed by atoms with Gasteiger partial charge in [0, 0.05) is 6.04 Å². The minimum atomic E-state index is -3.59. The van der Waals surface area contributed by atoms with Gasteiger partial charge in [0.05, 0.1) is 15.5 Å². The first-order valence-corrected chi connectivity index (χ1v) is 8.02. The molecule has 1 N–H and O–H groups in total. The summed E-state index contributed by atoms with van der Waals surface area (Å²) in [6, 6.07) is 5.94. The zero-order valence-electron chi connectivity index (χ0n) is 11.0. The van der Waals surface area contributed by atoms with Crippen LogP contribution < -0.4 is 4.72 Å². The summed E-state index contributed by atoms with van der Waals surface area (Å²) in [4.78, 5) is 0.0889. The third kappa shape index (κ3) is 4.20. The smallest absolute Gasteiger partial charge is 0.208 e. The van der Waals surface area contributed by atoms with Crippen LogP contribution in [0.2, 0.25) is 5.02 Å². The number of nitrogens with zero attached hydrogens (tertiary/aromatic N) is 1. The van der Waals surface area contributed by atoms with Crippen LogP contribution in [0.4, 0.5) is 0 Å². The number of nitrogens with one attached hydrogen (secondary N) is 1. The lowest BCUT2D eigenvalue weighted by atomic mass is 10.1. The van der Waals surface area contributed by atoms with Gasteiger partial charge in [0.15, 0.2) is 0 Å². The molecule has 0 heterocycles. The van der Waals surface area contributed by atoms with Crippen molar-refractivity contribution in [3.63, 3.8) is 0 Å². The van der Waals surface area contributed by atoms with E-state index in [0.717, 1.165) is 19.3 Å². The summed E-state index contributed by atoms with van der Waals surface area (Å²) in [6.45, 7) is 3.95. The molecule has 1 aromatic rings. The second kappa shape index (κ2) is 6.90. The third-order valence-electron chi connectivity index (χ3n) is 2.82. The second-order valence-corrected chi connectivity index (χ2v) is 6.39. The first kappa shape index (κ1) is 16.0. The zero-order valence-corrected chi connectivity index (χ0v) is 12.6. The Bertz CT molecular complexity index is 579. The summed E-state index contributed by atoms with van der Waals surface area (Å²) in [6.07, 6.45) is 2.44. The highest BCUT2D eigenvalue weighted by atomic mass is 35.5. The molecule has 0 aliphatic carbocycles. The molecule has 1 rings (SSSR count). The van der Waals surface area contributed by atoms with Crippen LogP contribution in [0.5, 0.6) is 0 Å². The summed E-state index contributed by atoms with van der Waals surface area (Å²) < 4.78 is 27.0. The quantitative estimate of drug-likeness (QED) is 0.877. The number of hydrogen-bond donors (Lipinski definition) is 1. The fraction of sp³-hybridized carbons (Fsp3) is 0.462. The van der Waals surface area contributed by atoms with Crippen molar-refractivity contribution in [3.05, 3.63) is 28.8 Å². The van der Waals surface area contributed by atoms with Gasteiger partial charge in [-0.25, -0.2) is 13.1 Å². The fourth-order valence-electron chi connectivity index (χ4n) is 1.74. The molecule has 4 nitrogen and oxygen atoms in total. The van der Waals surface area contributed by atoms with Crippen molar-refractivity contribution < 1.29 is 8.42 Å². The van der Waals surface area contributed by atoms with E-state index in [4.69, 9.17) is 16.9 Å². The maximum Gasteiger partial charge on any atom is 0.240 e. The van der Waals surface area contributed by atoms with Gasteiger partial charge < -0.3 is 0 Å². The zero-order chi connectivity index (χ0) is 14.5. The number of benzene rings is 1. The molecule has 1 aromatic carbocycles. The molecule has 0 fully saturated rings. The summed E-state index contributed by atoms with van der Waals surface area (Å²) in [5.41, 5.74) is 0.265. The van der Waals surface area contributed by atoms with Crippen LogP contribution in [0, 0.1) is 11.3 Å². The molecule has 0 spiro atoms. The summed E-state index contributed by atoms with van der Waals surface area (Å²) in [5, 5.41) is 8.91. The van der Waals surface area contributed by atoms with Crippen molar-refractivity contribution >= 4 is 21.6 Å². The molecule has 0 saturated carbocycles. The van der Waals surface area contributed by atoms with Crippen molar-refractivity contribution in [2.24, 2.45) is 0 Å². The molecule has 0 radical (unpaired) electrons. The van der Waals surface area contributed by atoms with Gasteiger partial charge in [-0.05, 0) is 31.0 Å². The van der Waals surface area contributed by atoms with Crippen LogP contribution in [0.3, 0.4) is 0 Å². The van der Waals surface area contributed by atoms with Gasteiger partial charge in [0.25, 0.3) is 0 Å². The average Bonchev–Trinajstić information content (AvgIpc) is 2.37. The van der Waals surface area contributed by atoms with E-state index < -0.39 is 10.0 Å². The monoisotopic (exact) mass is 300 g/mol. The van der Waals surface area contributed by atoms with E-state index in [1.54, 1.807) is 0 Å². The summed E-state index contributed by atoms with van der Waals surface area (Å²) in [5.74, 6) is 0. The standard InChI is InChI=1S/C13H17ClN2O2S/c1-3-5-11(4-2)16-19(17,18)12-7-6-10(9-15)13(14)8-12/h6-8,11,16H,3-5H2,1-2H3. The lowest BCUT2D eigenvalue weighted by Crippen LogP contribution is -2.34. The molecular formula is C13H17ClN2O2S. The molecule has 1 atom stereocenters. The Labute approximate surface area is 119 Å². The highest BCUT2D eigenvalue weighted by molar-refractivity contribution is 7.89. The largest absolute Gasteiger partial charge is 0.240 e. The Kier molecular flexibility index (Phi) is 5.80. The van der Waals surface area contributed by atoms with Gasteiger partial charge >= 0.3 is 0 Å². The van der Waals surface area contributed by atoms with Crippen molar-refractivity contribution in [2.75, 3.05) is 0 Å². The minimum absolute atomic E-state index is 0.0792. The molecular weight excluding hydrogens is 284 g/mol. The fourth-order valence-corrected chi connectivity index (χ4v) is 3.40. The van der Waals surface area contributed by atoms with Crippen LogP contribution in [0.1, 0.15) is 38.7 Å². The van der Waals surface area contributed by atoms with E-state index in [9.17, 15) is 8.42 Å². The molecule has 6 heteroatoms. The number of rotatable bonds is 6. The Morgan fingerprint density at radius 2 is 2.11 bits per heavy atom. The normalized spacial score (nSPS) is 12.9. The predicted octanol–water partition coefficient (Wildman–Crippen LogP) is 3.07. The van der Waals surface area contributed by atoms with Crippen LogP contribution in [-0.4, -0.2) is 14.5 Å². The van der Waals surface area contributed by atoms with Crippen molar-refractivity contribution in [2.45, 2.75) is 44.0 Å². The van der Waals surface area contributed by atoms with Crippen molar-refractivity contribution in [1.29, 1.82) is 5.26 Å². The Morgan fingerprint density at radius 1 is 1.42 bits per heavy atom. The first-order valence-electron chi connectivity index (χ1n) is 6.16. The number of hydrogen-bond acceptors (Lipinski definition) is 3. The Hall–Kier alpha value is -1.09. The molecule has 19 heavy (non-hydrogen) atoms. The molecule has 0 aromatic heterocycles. The molecule has 0 saturated heterocycles. The van der Waals surface area contributed by atoms with Gasteiger partial charge in [-0.3, -0.25) is 0 Å². The highest BCUT2D eigenvalue weighted by Gasteiger charge is 2.19. The Balaban J connectivity index is 3.01. The van der Waals surface area contributed by atoms with E-state index in [1.807, 2.05) is 19.9 Å². The maximum atomic E-state index is 12.2. The van der Waals surface area contributed by atoms with Gasteiger partial charge in [0.2, 0.25) is 10.0 Å². The van der Waals surface area contributed by atoms with Gasteiger partial charge in [-0.1, -0.05) is 31.9 Å². The van der Waals surface area contributed by atoms with Crippen molar-refractivity contribution in [3.8, 4) is 6.07 Å². The van der Waals surface area contributed by atoms with Gasteiger partial charge in [-0.15, -0.1) is 0 Å². The van der Waals surface area contributed by atoms with Crippen LogP contribution in [0.15, 0.2) is 23.1 Å². The SMILES string of the molecule is CCCC(CC)NS(=O)(=O)c1ccc(C#N)c(Cl)c1. The molecule has 0 aliphatic rings. The predicted molar refractivity (Wildman–Crippen MR) is 75.5 cm³/mol. The highest BCUT2D eigenvalue weighted by Crippen LogP contribution is 2.20. The van der Waals surface area contributed by atoms with E-state index in [0.29, 0.717) is 0 Å². The van der Waals surface area contributed by atoms with Crippen LogP contribution in [0.25, 0.3) is 0 Å². The maximum absolute atomic E-state index is 12.2. The van der Waals surface area contributed by atoms with Gasteiger partial charge in [-0.2, -0.15) is 5.26 Å². The van der Waals surface area contributed by atoms with E-state index in [-0.39, 0.29) is 21.5 Å². The summed E-state index contributed by atoms with van der Waals surface area (Å²) >= 11 is 5.85. The summed E-state index contributed by atoms with van der Waals surface area (Å²) in [7, 11) is -3.59. The van der Waals surface area contributed by atoms with E-state index in [2.05, 4.69) is 4.72 Å². The second-order valence-electron chi connectivity index (χ2n) is 4.27. The number of sulfonamides is 1. The third-order valence-corrected chi connectivity index (χ3v) is 4.65. The van der Waals surface area contributed by atoms with Crippen LogP contribution >= 0.6 is 11.6 Å². The lowest BCUT2D eigenvalue weighted by Gasteiger charge is -2.16. The topological polar surface area (TPSA) is 70.0 Å². The van der Waals surface area contributed by atoms with Crippen molar-refractivity contribution in [1.82, 2.24) is 4.72 Å². The van der Waals surface area contributed by atoms with Gasteiger partial charge in [0.1, 0.15) is 6.07 Å². The minimum Gasteiger partial charge on any atom is -0.208 e. The van der Waals surface area contributed by atoms with Crippen LogP contribution in [-0.2, 0) is 10.0 Å². The molecule has 0 amide bonds. The molecule has 104 valence electrons. The number of halogens is 1. The van der Waals surface area contributed by atoms with E-state index in [1.165, 1.54) is 18.2 Å². The molecule has 0 bridgehead atoms.